The summed E-state index contributed by atoms with van der Waals surface area (Å²) in [6, 6.07) is 6.21. The average molecular weight is 328 g/mol. The van der Waals surface area contributed by atoms with Crippen LogP contribution in [0.2, 0.25) is 0 Å². The minimum atomic E-state index is -0.0393. The molecule has 0 saturated carbocycles. The lowest BCUT2D eigenvalue weighted by atomic mass is 10.0. The summed E-state index contributed by atoms with van der Waals surface area (Å²) >= 11 is 0. The van der Waals surface area contributed by atoms with Gasteiger partial charge >= 0.3 is 0 Å². The molecule has 128 valence electrons. The van der Waals surface area contributed by atoms with E-state index in [9.17, 15) is 4.79 Å². The Balaban J connectivity index is 1.72. The highest BCUT2D eigenvalue weighted by molar-refractivity contribution is 5.79. The van der Waals surface area contributed by atoms with Gasteiger partial charge in [-0.1, -0.05) is 28.9 Å². The molecule has 0 aliphatic carbocycles. The van der Waals surface area contributed by atoms with Gasteiger partial charge in [-0.15, -0.1) is 0 Å². The van der Waals surface area contributed by atoms with Crippen molar-refractivity contribution in [3.63, 3.8) is 0 Å². The van der Waals surface area contributed by atoms with Gasteiger partial charge in [0.1, 0.15) is 6.04 Å². The number of rotatable bonds is 3. The average Bonchev–Trinajstić information content (AvgIpc) is 2.97. The first kappa shape index (κ1) is 16.6. The molecule has 0 spiro atoms. The van der Waals surface area contributed by atoms with Gasteiger partial charge in [-0.2, -0.15) is 4.98 Å². The predicted molar refractivity (Wildman–Crippen MR) is 90.6 cm³/mol. The number of hydrogen-bond donors (Lipinski definition) is 0. The second kappa shape index (κ2) is 6.73. The molecule has 1 aliphatic rings. The Kier molecular flexibility index (Phi) is 4.66. The Morgan fingerprint density at radius 1 is 1.29 bits per heavy atom. The SMILES string of the molecule is Cc1ccc(C)c(CC(=O)N2CCN(C)C(c3nc(C)no3)C2)c1. The van der Waals surface area contributed by atoms with Crippen LogP contribution in [0, 0.1) is 20.8 Å². The van der Waals surface area contributed by atoms with E-state index in [1.54, 1.807) is 6.92 Å². The topological polar surface area (TPSA) is 62.5 Å². The maximum Gasteiger partial charge on any atom is 0.245 e. The van der Waals surface area contributed by atoms with E-state index >= 15 is 0 Å². The van der Waals surface area contributed by atoms with E-state index in [0.717, 1.165) is 24.2 Å². The van der Waals surface area contributed by atoms with Crippen LogP contribution in [0.25, 0.3) is 0 Å². The predicted octanol–water partition coefficient (Wildman–Crippen LogP) is 2.05. The molecule has 1 saturated heterocycles. The summed E-state index contributed by atoms with van der Waals surface area (Å²) in [5.74, 6) is 1.36. The molecule has 2 aromatic rings. The third-order valence-electron chi connectivity index (χ3n) is 4.68. The Hall–Kier alpha value is -2.21. The summed E-state index contributed by atoms with van der Waals surface area (Å²) in [5, 5.41) is 3.87. The summed E-state index contributed by atoms with van der Waals surface area (Å²) in [4.78, 5) is 21.2. The van der Waals surface area contributed by atoms with E-state index in [-0.39, 0.29) is 11.9 Å². The van der Waals surface area contributed by atoms with Gasteiger partial charge in [0.05, 0.1) is 6.42 Å². The van der Waals surface area contributed by atoms with Crippen molar-refractivity contribution in [2.75, 3.05) is 26.7 Å². The first-order valence-corrected chi connectivity index (χ1v) is 8.28. The fourth-order valence-electron chi connectivity index (χ4n) is 3.08. The number of nitrogens with zero attached hydrogens (tertiary/aromatic N) is 4. The minimum absolute atomic E-state index is 0.0393. The largest absolute Gasteiger partial charge is 0.339 e. The first-order chi connectivity index (χ1) is 11.4. The normalized spacial score (nSPS) is 18.8. The van der Waals surface area contributed by atoms with E-state index in [0.29, 0.717) is 24.7 Å². The minimum Gasteiger partial charge on any atom is -0.339 e. The summed E-state index contributed by atoms with van der Waals surface area (Å²) in [7, 11) is 2.02. The summed E-state index contributed by atoms with van der Waals surface area (Å²) in [5.41, 5.74) is 3.44. The molecule has 1 aliphatic heterocycles. The molecule has 6 heteroatoms. The van der Waals surface area contributed by atoms with Crippen molar-refractivity contribution >= 4 is 5.91 Å². The third kappa shape index (κ3) is 3.48. The van der Waals surface area contributed by atoms with Gasteiger partial charge in [-0.05, 0) is 38.9 Å². The maximum atomic E-state index is 12.8. The third-order valence-corrected chi connectivity index (χ3v) is 4.68. The van der Waals surface area contributed by atoms with Crippen molar-refractivity contribution in [2.24, 2.45) is 0 Å². The highest BCUT2D eigenvalue weighted by Crippen LogP contribution is 2.23. The number of aryl methyl sites for hydroxylation is 3. The molecule has 1 amide bonds. The quantitative estimate of drug-likeness (QED) is 0.863. The Morgan fingerprint density at radius 3 is 2.79 bits per heavy atom. The van der Waals surface area contributed by atoms with Crippen LogP contribution in [0.1, 0.15) is 34.4 Å². The highest BCUT2D eigenvalue weighted by atomic mass is 16.5. The van der Waals surface area contributed by atoms with Crippen LogP contribution in [-0.4, -0.2) is 52.5 Å². The number of benzene rings is 1. The second-order valence-corrected chi connectivity index (χ2v) is 6.62. The second-order valence-electron chi connectivity index (χ2n) is 6.62. The molecule has 24 heavy (non-hydrogen) atoms. The van der Waals surface area contributed by atoms with Gasteiger partial charge in [0.2, 0.25) is 11.8 Å². The van der Waals surface area contributed by atoms with Crippen molar-refractivity contribution in [1.29, 1.82) is 0 Å². The number of likely N-dealkylation sites (N-methyl/N-ethyl adjacent to an activating group) is 1. The molecule has 3 rings (SSSR count). The van der Waals surface area contributed by atoms with Crippen LogP contribution < -0.4 is 0 Å². The van der Waals surface area contributed by atoms with Gasteiger partial charge in [-0.25, -0.2) is 0 Å². The smallest absolute Gasteiger partial charge is 0.245 e. The van der Waals surface area contributed by atoms with Crippen LogP contribution >= 0.6 is 0 Å². The number of carbonyl (C=O) groups is 1. The number of carbonyl (C=O) groups excluding carboxylic acids is 1. The van der Waals surface area contributed by atoms with Crippen LogP contribution in [0.5, 0.6) is 0 Å². The maximum absolute atomic E-state index is 12.8. The zero-order chi connectivity index (χ0) is 17.3. The summed E-state index contributed by atoms with van der Waals surface area (Å²) < 4.78 is 5.31. The molecule has 1 unspecified atom stereocenters. The molecular weight excluding hydrogens is 304 g/mol. The highest BCUT2D eigenvalue weighted by Gasteiger charge is 2.32. The Morgan fingerprint density at radius 2 is 2.08 bits per heavy atom. The lowest BCUT2D eigenvalue weighted by Crippen LogP contribution is -2.49. The summed E-state index contributed by atoms with van der Waals surface area (Å²) in [6.07, 6.45) is 0.437. The van der Waals surface area contributed by atoms with Gasteiger partial charge in [-0.3, -0.25) is 9.69 Å². The standard InChI is InChI=1S/C18H24N4O2/c1-12-5-6-13(2)15(9-12)10-17(23)22-8-7-21(4)16(11-22)18-19-14(3)20-24-18/h5-6,9,16H,7-8,10-11H2,1-4H3. The van der Waals surface area contributed by atoms with Crippen LogP contribution in [-0.2, 0) is 11.2 Å². The molecule has 1 aromatic carbocycles. The molecule has 2 heterocycles. The number of hydrogen-bond acceptors (Lipinski definition) is 5. The first-order valence-electron chi connectivity index (χ1n) is 8.28. The Labute approximate surface area is 142 Å². The van der Waals surface area contributed by atoms with Gasteiger partial charge in [0.25, 0.3) is 0 Å². The van der Waals surface area contributed by atoms with Crippen LogP contribution in [0.15, 0.2) is 22.7 Å². The fraction of sp³-hybridized carbons (Fsp3) is 0.500. The van der Waals surface area contributed by atoms with E-state index in [1.165, 1.54) is 5.56 Å². The number of amides is 1. The molecule has 1 aromatic heterocycles. The lowest BCUT2D eigenvalue weighted by molar-refractivity contribution is -0.133. The zero-order valence-corrected chi connectivity index (χ0v) is 14.7. The van der Waals surface area contributed by atoms with Crippen LogP contribution in [0.4, 0.5) is 0 Å². The van der Waals surface area contributed by atoms with E-state index < -0.39 is 0 Å². The van der Waals surface area contributed by atoms with Crippen molar-refractivity contribution in [1.82, 2.24) is 19.9 Å². The molecule has 1 atom stereocenters. The molecule has 6 nitrogen and oxygen atoms in total. The van der Waals surface area contributed by atoms with Crippen LogP contribution in [0.3, 0.4) is 0 Å². The van der Waals surface area contributed by atoms with Gasteiger partial charge in [0.15, 0.2) is 5.82 Å². The lowest BCUT2D eigenvalue weighted by Gasteiger charge is -2.37. The monoisotopic (exact) mass is 328 g/mol. The molecule has 0 N–H and O–H groups in total. The number of piperazine rings is 1. The van der Waals surface area contributed by atoms with Crippen molar-refractivity contribution in [3.8, 4) is 0 Å². The van der Waals surface area contributed by atoms with Crippen molar-refractivity contribution < 1.29 is 9.32 Å². The van der Waals surface area contributed by atoms with Crippen molar-refractivity contribution in [2.45, 2.75) is 33.2 Å². The summed E-state index contributed by atoms with van der Waals surface area (Å²) in [6.45, 7) is 8.02. The molecule has 0 bridgehead atoms. The van der Waals surface area contributed by atoms with E-state index in [4.69, 9.17) is 4.52 Å². The molecule has 1 fully saturated rings. The van der Waals surface area contributed by atoms with Crippen molar-refractivity contribution in [3.05, 3.63) is 46.6 Å². The van der Waals surface area contributed by atoms with Gasteiger partial charge in [0, 0.05) is 19.6 Å². The number of aromatic nitrogens is 2. The zero-order valence-electron chi connectivity index (χ0n) is 14.7. The molecular formula is C18H24N4O2. The van der Waals surface area contributed by atoms with E-state index in [2.05, 4.69) is 47.1 Å². The Bertz CT molecular complexity index is 740. The van der Waals surface area contributed by atoms with E-state index in [1.807, 2.05) is 11.9 Å². The van der Waals surface area contributed by atoms with Gasteiger partial charge < -0.3 is 9.42 Å². The fourth-order valence-corrected chi connectivity index (χ4v) is 3.08. The molecule has 0 radical (unpaired) electrons.